The lowest BCUT2D eigenvalue weighted by Gasteiger charge is -2.02. The van der Waals surface area contributed by atoms with Crippen molar-refractivity contribution in [2.75, 3.05) is 6.54 Å². The van der Waals surface area contributed by atoms with E-state index in [0.29, 0.717) is 17.8 Å². The molecule has 0 aliphatic heterocycles. The molecule has 0 saturated heterocycles. The van der Waals surface area contributed by atoms with Crippen LogP contribution in [0.1, 0.15) is 18.2 Å². The zero-order chi connectivity index (χ0) is 12.1. The van der Waals surface area contributed by atoms with Crippen molar-refractivity contribution in [2.45, 2.75) is 19.9 Å². The van der Waals surface area contributed by atoms with Crippen LogP contribution in [-0.4, -0.2) is 21.1 Å². The first-order valence-corrected chi connectivity index (χ1v) is 6.21. The van der Waals surface area contributed by atoms with Gasteiger partial charge < -0.3 is 5.32 Å². The molecule has 0 aliphatic carbocycles. The van der Waals surface area contributed by atoms with Crippen molar-refractivity contribution < 1.29 is 4.39 Å². The Morgan fingerprint density at radius 3 is 3.06 bits per heavy atom. The molecule has 4 nitrogen and oxygen atoms in total. The van der Waals surface area contributed by atoms with Crippen molar-refractivity contribution in [3.8, 4) is 11.3 Å². The third kappa shape index (κ3) is 3.04. The van der Waals surface area contributed by atoms with Crippen LogP contribution >= 0.6 is 11.5 Å². The number of halogens is 1. The Balaban J connectivity index is 2.18. The van der Waals surface area contributed by atoms with Crippen LogP contribution in [0, 0.1) is 5.82 Å². The van der Waals surface area contributed by atoms with Gasteiger partial charge in [-0.3, -0.25) is 4.98 Å². The van der Waals surface area contributed by atoms with Crippen LogP contribution in [0.2, 0.25) is 0 Å². The normalized spacial score (nSPS) is 10.7. The zero-order valence-electron chi connectivity index (χ0n) is 9.48. The van der Waals surface area contributed by atoms with E-state index in [9.17, 15) is 4.39 Å². The highest BCUT2D eigenvalue weighted by Gasteiger charge is 2.10. The molecule has 0 unspecified atom stereocenters. The van der Waals surface area contributed by atoms with Crippen LogP contribution in [0.4, 0.5) is 4.39 Å². The fourth-order valence-corrected chi connectivity index (χ4v) is 2.10. The van der Waals surface area contributed by atoms with Crippen molar-refractivity contribution >= 4 is 11.5 Å². The molecule has 0 spiro atoms. The minimum Gasteiger partial charge on any atom is -0.312 e. The standard InChI is InChI=1S/C11H13FN4S/c1-2-3-13-7-10-11(15-16-17-10)8-4-9(12)6-14-5-8/h4-6,13H,2-3,7H2,1H3. The number of nitrogens with one attached hydrogen (secondary N) is 1. The Morgan fingerprint density at radius 2 is 2.29 bits per heavy atom. The number of aromatic nitrogens is 3. The molecule has 0 fully saturated rings. The Kier molecular flexibility index (Phi) is 4.11. The highest BCUT2D eigenvalue weighted by molar-refractivity contribution is 7.05. The molecule has 1 N–H and O–H groups in total. The Bertz CT molecular complexity index is 486. The topological polar surface area (TPSA) is 50.7 Å². The lowest BCUT2D eigenvalue weighted by molar-refractivity contribution is 0.622. The van der Waals surface area contributed by atoms with Gasteiger partial charge in [-0.15, -0.1) is 5.10 Å². The van der Waals surface area contributed by atoms with E-state index < -0.39 is 0 Å². The first kappa shape index (κ1) is 12.1. The van der Waals surface area contributed by atoms with Gasteiger partial charge in [0.1, 0.15) is 11.5 Å². The number of nitrogens with zero attached hydrogens (tertiary/aromatic N) is 3. The molecule has 0 atom stereocenters. The van der Waals surface area contributed by atoms with Gasteiger partial charge in [-0.25, -0.2) is 4.39 Å². The number of rotatable bonds is 5. The van der Waals surface area contributed by atoms with Gasteiger partial charge in [0.05, 0.1) is 11.1 Å². The Morgan fingerprint density at radius 1 is 1.41 bits per heavy atom. The van der Waals surface area contributed by atoms with Gasteiger partial charge in [-0.05, 0) is 30.6 Å². The highest BCUT2D eigenvalue weighted by Crippen LogP contribution is 2.23. The van der Waals surface area contributed by atoms with E-state index in [4.69, 9.17) is 0 Å². The molecule has 2 aromatic rings. The average molecular weight is 252 g/mol. The van der Waals surface area contributed by atoms with Crippen LogP contribution < -0.4 is 5.32 Å². The first-order chi connectivity index (χ1) is 8.31. The predicted molar refractivity (Wildman–Crippen MR) is 65.1 cm³/mol. The highest BCUT2D eigenvalue weighted by atomic mass is 32.1. The molecule has 0 saturated carbocycles. The van der Waals surface area contributed by atoms with E-state index in [1.165, 1.54) is 23.8 Å². The zero-order valence-corrected chi connectivity index (χ0v) is 10.3. The van der Waals surface area contributed by atoms with Gasteiger partial charge >= 0.3 is 0 Å². The summed E-state index contributed by atoms with van der Waals surface area (Å²) in [6.45, 7) is 3.76. The molecule has 17 heavy (non-hydrogen) atoms. The molecule has 0 aliphatic rings. The van der Waals surface area contributed by atoms with Crippen LogP contribution in [0.15, 0.2) is 18.5 Å². The summed E-state index contributed by atoms with van der Waals surface area (Å²) < 4.78 is 17.0. The fourth-order valence-electron chi connectivity index (χ4n) is 1.46. The van der Waals surface area contributed by atoms with Gasteiger partial charge in [0.15, 0.2) is 0 Å². The summed E-state index contributed by atoms with van der Waals surface area (Å²) in [5.41, 5.74) is 1.39. The molecule has 2 heterocycles. The second kappa shape index (κ2) is 5.79. The Labute approximate surface area is 103 Å². The van der Waals surface area contributed by atoms with Crippen LogP contribution in [0.25, 0.3) is 11.3 Å². The van der Waals surface area contributed by atoms with Crippen LogP contribution in [0.3, 0.4) is 0 Å². The summed E-state index contributed by atoms with van der Waals surface area (Å²) in [6.07, 6.45) is 3.85. The fraction of sp³-hybridized carbons (Fsp3) is 0.364. The summed E-state index contributed by atoms with van der Waals surface area (Å²) in [5.74, 6) is -0.358. The monoisotopic (exact) mass is 252 g/mol. The largest absolute Gasteiger partial charge is 0.312 e. The SMILES string of the molecule is CCCNCc1snnc1-c1cncc(F)c1. The summed E-state index contributed by atoms with van der Waals surface area (Å²) in [5, 5.41) is 7.31. The summed E-state index contributed by atoms with van der Waals surface area (Å²) in [4.78, 5) is 4.82. The Hall–Kier alpha value is -1.40. The third-order valence-corrected chi connectivity index (χ3v) is 2.97. The van der Waals surface area contributed by atoms with Gasteiger partial charge in [0, 0.05) is 18.3 Å². The third-order valence-electron chi connectivity index (χ3n) is 2.25. The lowest BCUT2D eigenvalue weighted by Crippen LogP contribution is -2.13. The molecule has 0 aromatic carbocycles. The number of pyridine rings is 1. The van der Waals surface area contributed by atoms with Crippen molar-refractivity contribution in [1.29, 1.82) is 0 Å². The quantitative estimate of drug-likeness (QED) is 0.829. The van der Waals surface area contributed by atoms with E-state index >= 15 is 0 Å². The maximum Gasteiger partial charge on any atom is 0.142 e. The summed E-state index contributed by atoms with van der Waals surface area (Å²) in [6, 6.07) is 1.42. The summed E-state index contributed by atoms with van der Waals surface area (Å²) >= 11 is 1.33. The van der Waals surface area contributed by atoms with Crippen molar-refractivity contribution in [1.82, 2.24) is 19.9 Å². The van der Waals surface area contributed by atoms with Gasteiger partial charge in [0.25, 0.3) is 0 Å². The molecule has 6 heteroatoms. The number of hydrogen-bond acceptors (Lipinski definition) is 5. The molecule has 0 radical (unpaired) electrons. The molecular weight excluding hydrogens is 239 g/mol. The van der Waals surface area contributed by atoms with Crippen molar-refractivity contribution in [3.05, 3.63) is 29.2 Å². The van der Waals surface area contributed by atoms with E-state index in [-0.39, 0.29) is 5.82 Å². The minimum absolute atomic E-state index is 0.358. The minimum atomic E-state index is -0.358. The summed E-state index contributed by atoms with van der Waals surface area (Å²) in [7, 11) is 0. The second-order valence-corrected chi connectivity index (χ2v) is 4.45. The lowest BCUT2D eigenvalue weighted by atomic mass is 10.2. The molecular formula is C11H13FN4S. The molecule has 2 rings (SSSR count). The van der Waals surface area contributed by atoms with E-state index in [2.05, 4.69) is 26.8 Å². The van der Waals surface area contributed by atoms with Crippen molar-refractivity contribution in [3.63, 3.8) is 0 Å². The van der Waals surface area contributed by atoms with E-state index in [0.717, 1.165) is 17.8 Å². The van der Waals surface area contributed by atoms with E-state index in [1.807, 2.05) is 0 Å². The van der Waals surface area contributed by atoms with Crippen molar-refractivity contribution in [2.24, 2.45) is 0 Å². The first-order valence-electron chi connectivity index (χ1n) is 5.44. The van der Waals surface area contributed by atoms with E-state index in [1.54, 1.807) is 6.20 Å². The van der Waals surface area contributed by atoms with Crippen LogP contribution in [0.5, 0.6) is 0 Å². The van der Waals surface area contributed by atoms with Gasteiger partial charge in [-0.1, -0.05) is 11.4 Å². The maximum absolute atomic E-state index is 13.1. The smallest absolute Gasteiger partial charge is 0.142 e. The number of hydrogen-bond donors (Lipinski definition) is 1. The second-order valence-electron chi connectivity index (χ2n) is 3.61. The maximum atomic E-state index is 13.1. The molecule has 2 aromatic heterocycles. The van der Waals surface area contributed by atoms with Gasteiger partial charge in [0.2, 0.25) is 0 Å². The van der Waals surface area contributed by atoms with Crippen LogP contribution in [-0.2, 0) is 6.54 Å². The molecule has 90 valence electrons. The average Bonchev–Trinajstić information content (AvgIpc) is 2.78. The molecule has 0 bridgehead atoms. The predicted octanol–water partition coefficient (Wildman–Crippen LogP) is 2.24. The molecule has 0 amide bonds. The van der Waals surface area contributed by atoms with Gasteiger partial charge in [-0.2, -0.15) is 0 Å².